The SMILES string of the molecule is COC(=O)N[C@H](C(=O)N1C[C@@H](F)C[C@H]1c1ncc(-c2ccc(Br)cc2)[nH]1)C(C)C. The van der Waals surface area contributed by atoms with Crippen LogP contribution in [0.25, 0.3) is 11.3 Å². The molecule has 3 atom stereocenters. The van der Waals surface area contributed by atoms with Crippen molar-refractivity contribution in [2.75, 3.05) is 13.7 Å². The third-order valence-corrected chi connectivity index (χ3v) is 5.52. The van der Waals surface area contributed by atoms with Crippen LogP contribution in [0.15, 0.2) is 34.9 Å². The van der Waals surface area contributed by atoms with Crippen LogP contribution in [0.3, 0.4) is 0 Å². The number of nitrogens with zero attached hydrogens (tertiary/aromatic N) is 2. The summed E-state index contributed by atoms with van der Waals surface area (Å²) in [5.74, 6) is -0.00928. The predicted molar refractivity (Wildman–Crippen MR) is 110 cm³/mol. The minimum atomic E-state index is -1.16. The predicted octanol–water partition coefficient (Wildman–Crippen LogP) is 3.83. The molecule has 2 N–H and O–H groups in total. The summed E-state index contributed by atoms with van der Waals surface area (Å²) in [7, 11) is 1.24. The van der Waals surface area contributed by atoms with Gasteiger partial charge in [-0.2, -0.15) is 0 Å². The number of nitrogens with one attached hydrogen (secondary N) is 2. The Balaban J connectivity index is 1.84. The highest BCUT2D eigenvalue weighted by molar-refractivity contribution is 9.10. The van der Waals surface area contributed by atoms with Crippen LogP contribution in [-0.4, -0.2) is 52.7 Å². The molecule has 7 nitrogen and oxygen atoms in total. The second-order valence-electron chi connectivity index (χ2n) is 7.39. The number of benzene rings is 1. The number of aromatic nitrogens is 2. The number of likely N-dealkylation sites (tertiary alicyclic amines) is 1. The van der Waals surface area contributed by atoms with E-state index in [4.69, 9.17) is 0 Å². The summed E-state index contributed by atoms with van der Waals surface area (Å²) in [6, 6.07) is 6.38. The van der Waals surface area contributed by atoms with E-state index in [1.807, 2.05) is 38.1 Å². The topological polar surface area (TPSA) is 87.3 Å². The number of aromatic amines is 1. The van der Waals surface area contributed by atoms with E-state index in [-0.39, 0.29) is 24.8 Å². The number of rotatable bonds is 5. The van der Waals surface area contributed by atoms with Crippen LogP contribution in [0.5, 0.6) is 0 Å². The van der Waals surface area contributed by atoms with Crippen molar-refractivity contribution in [3.8, 4) is 11.3 Å². The van der Waals surface area contributed by atoms with E-state index in [9.17, 15) is 14.0 Å². The third kappa shape index (κ3) is 4.77. The molecule has 0 bridgehead atoms. The molecule has 0 aliphatic carbocycles. The minimum absolute atomic E-state index is 0.0378. The summed E-state index contributed by atoms with van der Waals surface area (Å²) >= 11 is 3.40. The van der Waals surface area contributed by atoms with Crippen LogP contribution in [0.1, 0.15) is 32.1 Å². The van der Waals surface area contributed by atoms with Crippen molar-refractivity contribution in [3.63, 3.8) is 0 Å². The number of carbonyl (C=O) groups excluding carboxylic acids is 2. The first kappa shape index (κ1) is 21.3. The lowest BCUT2D eigenvalue weighted by Gasteiger charge is -2.29. The van der Waals surface area contributed by atoms with Crippen molar-refractivity contribution in [2.45, 2.75) is 38.5 Å². The van der Waals surface area contributed by atoms with Crippen LogP contribution < -0.4 is 5.32 Å². The quantitative estimate of drug-likeness (QED) is 0.700. The maximum absolute atomic E-state index is 14.3. The number of imidazole rings is 1. The number of hydrogen-bond acceptors (Lipinski definition) is 4. The molecular weight excluding hydrogens is 443 g/mol. The summed E-state index contributed by atoms with van der Waals surface area (Å²) in [5.41, 5.74) is 1.72. The number of H-pyrrole nitrogens is 1. The van der Waals surface area contributed by atoms with E-state index >= 15 is 0 Å². The average molecular weight is 467 g/mol. The van der Waals surface area contributed by atoms with E-state index in [1.54, 1.807) is 6.20 Å². The Morgan fingerprint density at radius 2 is 2.03 bits per heavy atom. The first-order valence-corrected chi connectivity index (χ1v) is 10.2. The summed E-state index contributed by atoms with van der Waals surface area (Å²) < 4.78 is 19.9. The van der Waals surface area contributed by atoms with Gasteiger partial charge in [0.1, 0.15) is 18.0 Å². The molecule has 29 heavy (non-hydrogen) atoms. The van der Waals surface area contributed by atoms with Gasteiger partial charge in [-0.15, -0.1) is 0 Å². The highest BCUT2D eigenvalue weighted by Gasteiger charge is 2.41. The Morgan fingerprint density at radius 3 is 2.66 bits per heavy atom. The van der Waals surface area contributed by atoms with Gasteiger partial charge in [-0.05, 0) is 23.6 Å². The molecule has 1 fully saturated rings. The molecule has 1 aliphatic rings. The molecule has 0 spiro atoms. The number of methoxy groups -OCH3 is 1. The van der Waals surface area contributed by atoms with Gasteiger partial charge in [0.15, 0.2) is 0 Å². The fourth-order valence-corrected chi connectivity index (χ4v) is 3.71. The van der Waals surface area contributed by atoms with Crippen molar-refractivity contribution in [1.29, 1.82) is 0 Å². The normalized spacial score (nSPS) is 20.0. The Labute approximate surface area is 177 Å². The molecule has 2 aromatic rings. The second kappa shape index (κ2) is 8.94. The van der Waals surface area contributed by atoms with E-state index in [2.05, 4.69) is 36.0 Å². The number of alkyl carbamates (subject to hydrolysis) is 1. The molecule has 1 aromatic carbocycles. The Hall–Kier alpha value is -2.42. The molecule has 156 valence electrons. The lowest BCUT2D eigenvalue weighted by Crippen LogP contribution is -2.51. The van der Waals surface area contributed by atoms with Crippen LogP contribution >= 0.6 is 15.9 Å². The van der Waals surface area contributed by atoms with Crippen LogP contribution in [0.2, 0.25) is 0 Å². The van der Waals surface area contributed by atoms with E-state index in [1.165, 1.54) is 12.0 Å². The Morgan fingerprint density at radius 1 is 1.34 bits per heavy atom. The maximum Gasteiger partial charge on any atom is 0.407 e. The average Bonchev–Trinajstić information content (AvgIpc) is 3.32. The fourth-order valence-electron chi connectivity index (χ4n) is 3.45. The van der Waals surface area contributed by atoms with E-state index in [0.29, 0.717) is 5.82 Å². The van der Waals surface area contributed by atoms with Crippen molar-refractivity contribution < 1.29 is 18.7 Å². The van der Waals surface area contributed by atoms with E-state index in [0.717, 1.165) is 15.7 Å². The van der Waals surface area contributed by atoms with Crippen molar-refractivity contribution in [3.05, 3.63) is 40.8 Å². The highest BCUT2D eigenvalue weighted by atomic mass is 79.9. The van der Waals surface area contributed by atoms with Gasteiger partial charge in [0.2, 0.25) is 5.91 Å². The lowest BCUT2D eigenvalue weighted by atomic mass is 10.0. The molecule has 3 rings (SSSR count). The first-order chi connectivity index (χ1) is 13.8. The zero-order chi connectivity index (χ0) is 21.1. The van der Waals surface area contributed by atoms with Gasteiger partial charge >= 0.3 is 6.09 Å². The number of ether oxygens (including phenoxy) is 1. The van der Waals surface area contributed by atoms with Gasteiger partial charge in [-0.25, -0.2) is 14.2 Å². The Bertz CT molecular complexity index is 871. The zero-order valence-electron chi connectivity index (χ0n) is 16.5. The number of carbonyl (C=O) groups is 2. The minimum Gasteiger partial charge on any atom is -0.453 e. The van der Waals surface area contributed by atoms with Crippen molar-refractivity contribution >= 4 is 27.9 Å². The molecule has 1 aliphatic heterocycles. The lowest BCUT2D eigenvalue weighted by molar-refractivity contribution is -0.135. The van der Waals surface area contributed by atoms with Gasteiger partial charge in [0, 0.05) is 10.9 Å². The summed E-state index contributed by atoms with van der Waals surface area (Å²) in [5, 5.41) is 2.56. The Kier molecular flexibility index (Phi) is 6.56. The molecule has 2 heterocycles. The zero-order valence-corrected chi connectivity index (χ0v) is 18.1. The molecule has 9 heteroatoms. The third-order valence-electron chi connectivity index (χ3n) is 4.99. The molecular formula is C20H24BrFN4O3. The van der Waals surface area contributed by atoms with Gasteiger partial charge < -0.3 is 19.9 Å². The number of halogens is 2. The molecule has 0 saturated carbocycles. The van der Waals surface area contributed by atoms with Crippen molar-refractivity contribution in [2.24, 2.45) is 5.92 Å². The number of amides is 2. The summed E-state index contributed by atoms with van der Waals surface area (Å²) in [6.45, 7) is 3.59. The van der Waals surface area contributed by atoms with Gasteiger partial charge in [-0.3, -0.25) is 4.79 Å². The van der Waals surface area contributed by atoms with Gasteiger partial charge in [0.25, 0.3) is 0 Å². The largest absolute Gasteiger partial charge is 0.453 e. The number of hydrogen-bond donors (Lipinski definition) is 2. The molecule has 1 saturated heterocycles. The first-order valence-electron chi connectivity index (χ1n) is 9.40. The van der Waals surface area contributed by atoms with E-state index < -0.39 is 24.3 Å². The monoisotopic (exact) mass is 466 g/mol. The van der Waals surface area contributed by atoms with Crippen LogP contribution in [0, 0.1) is 5.92 Å². The molecule has 1 aromatic heterocycles. The highest BCUT2D eigenvalue weighted by Crippen LogP contribution is 2.34. The molecule has 0 unspecified atom stereocenters. The molecule has 0 radical (unpaired) electrons. The van der Waals surface area contributed by atoms with Gasteiger partial charge in [-0.1, -0.05) is 41.9 Å². The maximum atomic E-state index is 14.3. The summed E-state index contributed by atoms with van der Waals surface area (Å²) in [4.78, 5) is 33.8. The molecule has 2 amide bonds. The standard InChI is InChI=1S/C20H24BrFN4O3/c1-11(2)17(25-20(28)29-3)19(27)26-10-14(22)8-16(26)18-23-9-15(24-18)12-4-6-13(21)7-5-12/h4-7,9,11,14,16-17H,8,10H2,1-3H3,(H,23,24)(H,25,28)/t14-,16-,17-/m0/s1. The summed E-state index contributed by atoms with van der Waals surface area (Å²) in [6.07, 6.45) is -0.0159. The van der Waals surface area contributed by atoms with Crippen LogP contribution in [-0.2, 0) is 9.53 Å². The van der Waals surface area contributed by atoms with Crippen LogP contribution in [0.4, 0.5) is 9.18 Å². The van der Waals surface area contributed by atoms with Crippen molar-refractivity contribution in [1.82, 2.24) is 20.2 Å². The number of alkyl halides is 1. The van der Waals surface area contributed by atoms with Gasteiger partial charge in [0.05, 0.1) is 31.6 Å². The second-order valence-corrected chi connectivity index (χ2v) is 8.30. The smallest absolute Gasteiger partial charge is 0.407 e. The fraction of sp³-hybridized carbons (Fsp3) is 0.450.